The van der Waals surface area contributed by atoms with E-state index in [1.165, 1.54) is 30.3 Å². The van der Waals surface area contributed by atoms with E-state index in [2.05, 4.69) is 16.3 Å². The van der Waals surface area contributed by atoms with Gasteiger partial charge in [-0.3, -0.25) is 0 Å². The molecule has 0 aliphatic rings. The second-order valence-corrected chi connectivity index (χ2v) is 4.05. The molecule has 23 heavy (non-hydrogen) atoms. The van der Waals surface area contributed by atoms with Crippen molar-refractivity contribution in [3.63, 3.8) is 0 Å². The summed E-state index contributed by atoms with van der Waals surface area (Å²) in [4.78, 5) is 44.3. The summed E-state index contributed by atoms with van der Waals surface area (Å²) in [6.07, 6.45) is 1.33. The van der Waals surface area contributed by atoms with Crippen LogP contribution in [0.1, 0.15) is 27.6 Å². The van der Waals surface area contributed by atoms with Crippen LogP contribution in [0.5, 0.6) is 0 Å². The number of ether oxygens (including phenoxy) is 1. The number of aromatic carboxylic acids is 2. The maximum atomic E-state index is 10.6. The van der Waals surface area contributed by atoms with E-state index in [0.29, 0.717) is 5.57 Å². The summed E-state index contributed by atoms with van der Waals surface area (Å²) in [7, 11) is 0. The molecule has 0 heterocycles. The lowest BCUT2D eigenvalue weighted by Crippen LogP contribution is -2.07. The minimum Gasteiger partial charge on any atom is -0.478 e. The highest BCUT2D eigenvalue weighted by molar-refractivity contribution is 6.01. The van der Waals surface area contributed by atoms with Crippen molar-refractivity contribution in [2.24, 2.45) is 4.99 Å². The Kier molecular flexibility index (Phi) is 8.99. The van der Waals surface area contributed by atoms with Crippen molar-refractivity contribution in [2.45, 2.75) is 6.92 Å². The maximum Gasteiger partial charge on any atom is 0.336 e. The van der Waals surface area contributed by atoms with Crippen LogP contribution in [0.2, 0.25) is 0 Å². The molecule has 0 fully saturated rings. The SMILES string of the molecule is C=C(C)C(=O)OCCN=C=O.O=C(O)c1ccccc1C(=O)O. The Morgan fingerprint density at radius 1 is 1.17 bits per heavy atom. The van der Waals surface area contributed by atoms with E-state index in [9.17, 15) is 19.2 Å². The lowest BCUT2D eigenvalue weighted by atomic mass is 10.1. The molecule has 1 aromatic carbocycles. The summed E-state index contributed by atoms with van der Waals surface area (Å²) in [5, 5.41) is 17.1. The fourth-order valence-electron chi connectivity index (χ4n) is 1.21. The largest absolute Gasteiger partial charge is 0.478 e. The van der Waals surface area contributed by atoms with E-state index in [1.807, 2.05) is 0 Å². The van der Waals surface area contributed by atoms with Crippen LogP contribution in [0, 0.1) is 0 Å². The van der Waals surface area contributed by atoms with Crippen LogP contribution in [0.25, 0.3) is 0 Å². The molecule has 1 aromatic rings. The fourth-order valence-corrected chi connectivity index (χ4v) is 1.21. The number of carbonyl (C=O) groups excluding carboxylic acids is 2. The van der Waals surface area contributed by atoms with Gasteiger partial charge in [-0.15, -0.1) is 0 Å². The molecule has 0 saturated carbocycles. The standard InChI is InChI=1S/C8H6O4.C7H9NO3/c9-7(10)5-3-1-2-4-6(5)8(11)12;1-6(2)7(10)11-4-3-8-5-9/h1-4H,(H,9,10)(H,11,12);1,3-4H2,2H3. The van der Waals surface area contributed by atoms with Gasteiger partial charge in [0.1, 0.15) is 6.61 Å². The van der Waals surface area contributed by atoms with Crippen molar-refractivity contribution in [1.29, 1.82) is 0 Å². The third-order valence-electron chi connectivity index (χ3n) is 2.24. The Labute approximate surface area is 131 Å². The van der Waals surface area contributed by atoms with Gasteiger partial charge in [-0.05, 0) is 19.1 Å². The fraction of sp³-hybridized carbons (Fsp3) is 0.200. The number of hydrogen-bond donors (Lipinski definition) is 2. The first-order chi connectivity index (χ1) is 10.8. The first-order valence-corrected chi connectivity index (χ1v) is 6.23. The zero-order chi connectivity index (χ0) is 17.8. The van der Waals surface area contributed by atoms with Crippen LogP contribution in [0.3, 0.4) is 0 Å². The van der Waals surface area contributed by atoms with Crippen molar-refractivity contribution >= 4 is 24.0 Å². The van der Waals surface area contributed by atoms with Crippen LogP contribution in [-0.2, 0) is 14.3 Å². The van der Waals surface area contributed by atoms with Gasteiger partial charge in [0.2, 0.25) is 6.08 Å². The highest BCUT2D eigenvalue weighted by atomic mass is 16.5. The van der Waals surface area contributed by atoms with Crippen LogP contribution in [-0.4, -0.2) is 47.4 Å². The van der Waals surface area contributed by atoms with Gasteiger partial charge >= 0.3 is 17.9 Å². The zero-order valence-corrected chi connectivity index (χ0v) is 12.3. The summed E-state index contributed by atoms with van der Waals surface area (Å²) in [6.45, 7) is 5.17. The van der Waals surface area contributed by atoms with Gasteiger partial charge in [-0.2, -0.15) is 0 Å². The maximum absolute atomic E-state index is 10.6. The molecular weight excluding hydrogens is 306 g/mol. The topological polar surface area (TPSA) is 130 Å². The van der Waals surface area contributed by atoms with Crippen LogP contribution in [0.15, 0.2) is 41.4 Å². The summed E-state index contributed by atoms with van der Waals surface area (Å²) in [5.74, 6) is -2.92. The number of benzene rings is 1. The third kappa shape index (κ3) is 7.93. The smallest absolute Gasteiger partial charge is 0.336 e. The quantitative estimate of drug-likeness (QED) is 0.267. The Morgan fingerprint density at radius 2 is 1.65 bits per heavy atom. The van der Waals surface area contributed by atoms with E-state index in [1.54, 1.807) is 6.92 Å². The highest BCUT2D eigenvalue weighted by Crippen LogP contribution is 2.07. The normalized spacial score (nSPS) is 8.74. The molecule has 122 valence electrons. The van der Waals surface area contributed by atoms with E-state index in [0.717, 1.165) is 0 Å². The minimum absolute atomic E-state index is 0.0981. The van der Waals surface area contributed by atoms with Crippen LogP contribution < -0.4 is 0 Å². The predicted molar refractivity (Wildman–Crippen MR) is 79.1 cm³/mol. The first-order valence-electron chi connectivity index (χ1n) is 6.23. The molecule has 0 spiro atoms. The number of rotatable bonds is 6. The third-order valence-corrected chi connectivity index (χ3v) is 2.24. The second kappa shape index (κ2) is 10.5. The first kappa shape index (κ1) is 19.8. The van der Waals surface area contributed by atoms with Crippen molar-refractivity contribution in [1.82, 2.24) is 0 Å². The van der Waals surface area contributed by atoms with Crippen LogP contribution in [0.4, 0.5) is 0 Å². The van der Waals surface area contributed by atoms with Gasteiger partial charge in [0.05, 0.1) is 17.7 Å². The van der Waals surface area contributed by atoms with Crippen LogP contribution >= 0.6 is 0 Å². The molecule has 8 nitrogen and oxygen atoms in total. The monoisotopic (exact) mass is 321 g/mol. The van der Waals surface area contributed by atoms with Gasteiger partial charge in [0.15, 0.2) is 0 Å². The Hall–Kier alpha value is -3.25. The van der Waals surface area contributed by atoms with Gasteiger partial charge in [-0.1, -0.05) is 18.7 Å². The van der Waals surface area contributed by atoms with E-state index >= 15 is 0 Å². The van der Waals surface area contributed by atoms with Crippen molar-refractivity contribution < 1.29 is 34.1 Å². The Bertz CT molecular complexity index is 612. The summed E-state index contributed by atoms with van der Waals surface area (Å²) >= 11 is 0. The molecule has 8 heteroatoms. The molecule has 0 amide bonds. The Morgan fingerprint density at radius 3 is 2.00 bits per heavy atom. The van der Waals surface area contributed by atoms with Gasteiger partial charge in [-0.25, -0.2) is 24.2 Å². The van der Waals surface area contributed by atoms with E-state index in [4.69, 9.17) is 10.2 Å². The molecule has 0 unspecified atom stereocenters. The lowest BCUT2D eigenvalue weighted by molar-refractivity contribution is -0.138. The summed E-state index contributed by atoms with van der Waals surface area (Å²) in [5.41, 5.74) is -0.0462. The molecule has 1 rings (SSSR count). The molecule has 0 radical (unpaired) electrons. The zero-order valence-electron chi connectivity index (χ0n) is 12.3. The number of hydrogen-bond acceptors (Lipinski definition) is 6. The number of carboxylic acids is 2. The highest BCUT2D eigenvalue weighted by Gasteiger charge is 2.13. The Balaban J connectivity index is 0.000000423. The molecule has 0 bridgehead atoms. The molecule has 0 aromatic heterocycles. The van der Waals surface area contributed by atoms with Gasteiger partial charge in [0.25, 0.3) is 0 Å². The number of nitrogens with zero attached hydrogens (tertiary/aromatic N) is 1. The number of carboxylic acid groups (broad SMARTS) is 2. The minimum atomic E-state index is -1.23. The molecular formula is C15H15NO7. The second-order valence-electron chi connectivity index (χ2n) is 4.05. The molecule has 2 N–H and O–H groups in total. The van der Waals surface area contributed by atoms with Gasteiger partial charge < -0.3 is 14.9 Å². The van der Waals surface area contributed by atoms with Gasteiger partial charge in [0, 0.05) is 5.57 Å². The van der Waals surface area contributed by atoms with Crippen molar-refractivity contribution in [3.8, 4) is 0 Å². The summed E-state index contributed by atoms with van der Waals surface area (Å²) < 4.78 is 4.59. The van der Waals surface area contributed by atoms with E-state index < -0.39 is 17.9 Å². The summed E-state index contributed by atoms with van der Waals surface area (Å²) in [6, 6.07) is 5.48. The number of aliphatic imine (C=N–C) groups is 1. The average molecular weight is 321 g/mol. The lowest BCUT2D eigenvalue weighted by Gasteiger charge is -1.99. The number of carbonyl (C=O) groups is 3. The number of isocyanates is 1. The predicted octanol–water partition coefficient (Wildman–Crippen LogP) is 1.52. The molecule has 0 saturated heterocycles. The van der Waals surface area contributed by atoms with Crippen molar-refractivity contribution in [3.05, 3.63) is 47.5 Å². The average Bonchev–Trinajstić information content (AvgIpc) is 2.51. The van der Waals surface area contributed by atoms with E-state index in [-0.39, 0.29) is 24.3 Å². The molecule has 0 aliphatic carbocycles. The van der Waals surface area contributed by atoms with Crippen molar-refractivity contribution in [2.75, 3.05) is 13.2 Å². The molecule has 0 aliphatic heterocycles. The number of esters is 1. The molecule has 0 atom stereocenters.